The van der Waals surface area contributed by atoms with Crippen molar-refractivity contribution in [2.45, 2.75) is 58.0 Å². The van der Waals surface area contributed by atoms with Gasteiger partial charge in [-0.3, -0.25) is 5.84 Å². The molecular weight excluding hydrogens is 150 g/mol. The number of rotatable bonds is 1. The number of nitrogens with zero attached hydrogens (tertiary/aromatic N) is 1. The molecule has 1 fully saturated rings. The molecule has 1 rings (SSSR count). The molecule has 72 valence electrons. The SMILES string of the molecule is CC1(C)CCCC(C)(C)N1NN. The molecule has 12 heavy (non-hydrogen) atoms. The Hall–Kier alpha value is -0.120. The first-order valence-electron chi connectivity index (χ1n) is 4.67. The van der Waals surface area contributed by atoms with Crippen LogP contribution in [-0.2, 0) is 0 Å². The fraction of sp³-hybridized carbons (Fsp3) is 1.00. The lowest BCUT2D eigenvalue weighted by Crippen LogP contribution is -2.66. The minimum Gasteiger partial charge on any atom is -0.258 e. The van der Waals surface area contributed by atoms with Crippen LogP contribution in [0.2, 0.25) is 0 Å². The highest BCUT2D eigenvalue weighted by Gasteiger charge is 2.40. The quantitative estimate of drug-likeness (QED) is 0.463. The second-order valence-corrected chi connectivity index (χ2v) is 4.94. The van der Waals surface area contributed by atoms with Gasteiger partial charge in [0.1, 0.15) is 0 Å². The standard InChI is InChI=1S/C9H21N3/c1-8(2)6-5-7-9(3,4)12(8)11-10/h11H,5-7,10H2,1-4H3. The molecule has 1 heterocycles. The van der Waals surface area contributed by atoms with Crippen molar-refractivity contribution in [3.8, 4) is 0 Å². The molecule has 0 saturated carbocycles. The average Bonchev–Trinajstić information content (AvgIpc) is 1.83. The Bertz CT molecular complexity index is 147. The molecule has 0 atom stereocenters. The van der Waals surface area contributed by atoms with Crippen LogP contribution in [0.25, 0.3) is 0 Å². The molecule has 3 N–H and O–H groups in total. The second-order valence-electron chi connectivity index (χ2n) is 4.94. The zero-order valence-corrected chi connectivity index (χ0v) is 8.65. The Labute approximate surface area is 75.2 Å². The molecule has 0 bridgehead atoms. The van der Waals surface area contributed by atoms with Crippen LogP contribution in [0.4, 0.5) is 0 Å². The van der Waals surface area contributed by atoms with Gasteiger partial charge >= 0.3 is 0 Å². The van der Waals surface area contributed by atoms with E-state index in [2.05, 4.69) is 38.2 Å². The van der Waals surface area contributed by atoms with Gasteiger partial charge in [0.15, 0.2) is 0 Å². The third kappa shape index (κ3) is 1.63. The van der Waals surface area contributed by atoms with Gasteiger partial charge in [-0.1, -0.05) is 0 Å². The van der Waals surface area contributed by atoms with Gasteiger partial charge in [-0.15, -0.1) is 0 Å². The predicted molar refractivity (Wildman–Crippen MR) is 51.2 cm³/mol. The van der Waals surface area contributed by atoms with Gasteiger partial charge in [0.05, 0.1) is 0 Å². The molecule has 1 aliphatic rings. The molecule has 0 amide bonds. The lowest BCUT2D eigenvalue weighted by atomic mass is 9.82. The summed E-state index contributed by atoms with van der Waals surface area (Å²) < 4.78 is 0. The third-order valence-corrected chi connectivity index (χ3v) is 2.92. The maximum absolute atomic E-state index is 5.53. The summed E-state index contributed by atoms with van der Waals surface area (Å²) in [6, 6.07) is 0. The molecule has 0 unspecified atom stereocenters. The fourth-order valence-corrected chi connectivity index (χ4v) is 2.35. The Morgan fingerprint density at radius 3 is 1.75 bits per heavy atom. The van der Waals surface area contributed by atoms with Crippen LogP contribution in [0.15, 0.2) is 0 Å². The van der Waals surface area contributed by atoms with Crippen LogP contribution in [0, 0.1) is 0 Å². The molecular formula is C9H21N3. The Balaban J connectivity index is 2.81. The van der Waals surface area contributed by atoms with E-state index in [9.17, 15) is 0 Å². The fourth-order valence-electron chi connectivity index (χ4n) is 2.35. The summed E-state index contributed by atoms with van der Waals surface area (Å²) in [7, 11) is 0. The maximum atomic E-state index is 5.53. The van der Waals surface area contributed by atoms with Crippen LogP contribution in [0.1, 0.15) is 47.0 Å². The van der Waals surface area contributed by atoms with E-state index in [0.29, 0.717) is 0 Å². The van der Waals surface area contributed by atoms with Crippen molar-refractivity contribution in [3.63, 3.8) is 0 Å². The van der Waals surface area contributed by atoms with Crippen LogP contribution in [0.3, 0.4) is 0 Å². The molecule has 0 radical (unpaired) electrons. The van der Waals surface area contributed by atoms with Crippen molar-refractivity contribution in [3.05, 3.63) is 0 Å². The van der Waals surface area contributed by atoms with Gasteiger partial charge in [-0.25, -0.2) is 5.01 Å². The maximum Gasteiger partial charge on any atom is 0.0317 e. The summed E-state index contributed by atoms with van der Waals surface area (Å²) in [5.41, 5.74) is 3.17. The first kappa shape index (κ1) is 9.96. The van der Waals surface area contributed by atoms with Crippen LogP contribution >= 0.6 is 0 Å². The first-order valence-corrected chi connectivity index (χ1v) is 4.67. The minimum absolute atomic E-state index is 0.177. The lowest BCUT2D eigenvalue weighted by Gasteiger charge is -2.51. The number of nitrogens with one attached hydrogen (secondary N) is 1. The summed E-state index contributed by atoms with van der Waals surface area (Å²) in [5.74, 6) is 5.53. The van der Waals surface area contributed by atoms with Crippen molar-refractivity contribution in [1.82, 2.24) is 10.5 Å². The van der Waals surface area contributed by atoms with Crippen LogP contribution in [-0.4, -0.2) is 16.1 Å². The van der Waals surface area contributed by atoms with Gasteiger partial charge in [0.25, 0.3) is 0 Å². The van der Waals surface area contributed by atoms with E-state index in [1.54, 1.807) is 0 Å². The molecule has 1 saturated heterocycles. The van der Waals surface area contributed by atoms with E-state index in [0.717, 1.165) is 0 Å². The Morgan fingerprint density at radius 2 is 1.50 bits per heavy atom. The summed E-state index contributed by atoms with van der Waals surface area (Å²) in [5, 5.41) is 2.17. The van der Waals surface area contributed by atoms with Crippen molar-refractivity contribution >= 4 is 0 Å². The van der Waals surface area contributed by atoms with Gasteiger partial charge in [0, 0.05) is 11.1 Å². The van der Waals surface area contributed by atoms with E-state index in [4.69, 9.17) is 5.84 Å². The number of nitrogens with two attached hydrogens (primary N) is 1. The van der Waals surface area contributed by atoms with Gasteiger partial charge in [-0.05, 0) is 47.0 Å². The van der Waals surface area contributed by atoms with E-state index in [1.807, 2.05) is 0 Å². The van der Waals surface area contributed by atoms with E-state index in [1.165, 1.54) is 19.3 Å². The van der Waals surface area contributed by atoms with Crippen molar-refractivity contribution in [1.29, 1.82) is 0 Å². The first-order chi connectivity index (χ1) is 5.40. The third-order valence-electron chi connectivity index (χ3n) is 2.92. The number of hydrazine groups is 2. The molecule has 0 aliphatic carbocycles. The van der Waals surface area contributed by atoms with Gasteiger partial charge in [0.2, 0.25) is 0 Å². The molecule has 3 heteroatoms. The Morgan fingerprint density at radius 1 is 1.08 bits per heavy atom. The van der Waals surface area contributed by atoms with E-state index in [-0.39, 0.29) is 11.1 Å². The highest BCUT2D eigenvalue weighted by atomic mass is 15.7. The lowest BCUT2D eigenvalue weighted by molar-refractivity contribution is -0.0703. The van der Waals surface area contributed by atoms with Crippen molar-refractivity contribution < 1.29 is 0 Å². The van der Waals surface area contributed by atoms with Crippen molar-refractivity contribution in [2.75, 3.05) is 0 Å². The average molecular weight is 171 g/mol. The van der Waals surface area contributed by atoms with E-state index >= 15 is 0 Å². The predicted octanol–water partition coefficient (Wildman–Crippen LogP) is 1.41. The minimum atomic E-state index is 0.177. The van der Waals surface area contributed by atoms with Crippen LogP contribution in [0.5, 0.6) is 0 Å². The molecule has 1 aliphatic heterocycles. The number of hydrogen-bond acceptors (Lipinski definition) is 3. The summed E-state index contributed by atoms with van der Waals surface area (Å²) in [6.07, 6.45) is 3.71. The molecule has 0 spiro atoms. The van der Waals surface area contributed by atoms with Crippen LogP contribution < -0.4 is 11.4 Å². The largest absolute Gasteiger partial charge is 0.258 e. The number of hydrogen-bond donors (Lipinski definition) is 2. The van der Waals surface area contributed by atoms with Crippen molar-refractivity contribution in [2.24, 2.45) is 5.84 Å². The van der Waals surface area contributed by atoms with Gasteiger partial charge in [-0.2, -0.15) is 5.53 Å². The monoisotopic (exact) mass is 171 g/mol. The summed E-state index contributed by atoms with van der Waals surface area (Å²) in [4.78, 5) is 0. The Kier molecular flexibility index (Phi) is 2.47. The summed E-state index contributed by atoms with van der Waals surface area (Å²) >= 11 is 0. The highest BCUT2D eigenvalue weighted by molar-refractivity contribution is 4.94. The molecule has 3 nitrogen and oxygen atoms in total. The summed E-state index contributed by atoms with van der Waals surface area (Å²) in [6.45, 7) is 8.92. The smallest absolute Gasteiger partial charge is 0.0317 e. The van der Waals surface area contributed by atoms with Gasteiger partial charge < -0.3 is 0 Å². The molecule has 0 aromatic heterocycles. The molecule has 0 aromatic rings. The highest BCUT2D eigenvalue weighted by Crippen LogP contribution is 2.35. The zero-order valence-electron chi connectivity index (χ0n) is 8.65. The molecule has 0 aromatic carbocycles. The zero-order chi connectivity index (χ0) is 9.41. The topological polar surface area (TPSA) is 41.3 Å². The van der Waals surface area contributed by atoms with E-state index < -0.39 is 0 Å². The second kappa shape index (κ2) is 2.98. The normalized spacial score (nSPS) is 28.8. The number of piperidine rings is 1.